The molecule has 0 amide bonds. The van der Waals surface area contributed by atoms with Crippen LogP contribution in [0.3, 0.4) is 0 Å². The highest BCUT2D eigenvalue weighted by Gasteiger charge is 2.18. The fourth-order valence-electron chi connectivity index (χ4n) is 2.33. The summed E-state index contributed by atoms with van der Waals surface area (Å²) in [5.41, 5.74) is 0.995. The SMILES string of the molecule is COc1ccc(Br)cc1/C=C/S(=O)(=O)CS(=O)(=O)/C=C/c1cc(Br)ccc1OC. The van der Waals surface area contributed by atoms with Crippen molar-refractivity contribution in [3.63, 3.8) is 0 Å². The molecule has 0 aromatic heterocycles. The molecular formula is C19H18Br2O6S2. The Hall–Kier alpha value is -1.62. The lowest BCUT2D eigenvalue weighted by Gasteiger charge is -2.06. The standard InChI is InChI=1S/C19H18Br2O6S2/c1-26-18-5-3-16(20)11-14(18)7-9-28(22,23)13-29(24,25)10-8-15-12-17(21)4-6-19(15)27-2/h3-12H,13H2,1-2H3/b9-7+,10-8+. The van der Waals surface area contributed by atoms with E-state index in [2.05, 4.69) is 31.9 Å². The van der Waals surface area contributed by atoms with Gasteiger partial charge in [-0.3, -0.25) is 0 Å². The van der Waals surface area contributed by atoms with Gasteiger partial charge >= 0.3 is 0 Å². The van der Waals surface area contributed by atoms with Crippen molar-refractivity contribution >= 4 is 63.7 Å². The summed E-state index contributed by atoms with van der Waals surface area (Å²) >= 11 is 6.59. The minimum Gasteiger partial charge on any atom is -0.496 e. The Bertz CT molecular complexity index is 1060. The quantitative estimate of drug-likeness (QED) is 0.463. The topological polar surface area (TPSA) is 86.7 Å². The molecule has 0 aliphatic heterocycles. The van der Waals surface area contributed by atoms with Crippen LogP contribution in [0, 0.1) is 0 Å². The van der Waals surface area contributed by atoms with Crippen molar-refractivity contribution in [2.45, 2.75) is 0 Å². The molecule has 0 radical (unpaired) electrons. The van der Waals surface area contributed by atoms with Gasteiger partial charge in [0.2, 0.25) is 0 Å². The van der Waals surface area contributed by atoms with Crippen molar-refractivity contribution in [2.24, 2.45) is 0 Å². The molecule has 0 saturated carbocycles. The van der Waals surface area contributed by atoms with Gasteiger partial charge in [0.1, 0.15) is 11.5 Å². The molecular weight excluding hydrogens is 548 g/mol. The van der Waals surface area contributed by atoms with E-state index in [-0.39, 0.29) is 0 Å². The zero-order chi connectivity index (χ0) is 21.7. The summed E-state index contributed by atoms with van der Waals surface area (Å²) in [6, 6.07) is 10.2. The second-order valence-electron chi connectivity index (χ2n) is 5.82. The van der Waals surface area contributed by atoms with Crippen LogP contribution < -0.4 is 9.47 Å². The maximum atomic E-state index is 12.3. The number of rotatable bonds is 8. The third kappa shape index (κ3) is 7.29. The Kier molecular flexibility index (Phi) is 8.10. The van der Waals surface area contributed by atoms with E-state index < -0.39 is 24.8 Å². The van der Waals surface area contributed by atoms with E-state index in [0.29, 0.717) is 22.6 Å². The maximum absolute atomic E-state index is 12.3. The van der Waals surface area contributed by atoms with Gasteiger partial charge in [-0.1, -0.05) is 31.9 Å². The van der Waals surface area contributed by atoms with E-state index >= 15 is 0 Å². The van der Waals surface area contributed by atoms with Gasteiger partial charge in [-0.05, 0) is 48.6 Å². The highest BCUT2D eigenvalue weighted by Crippen LogP contribution is 2.26. The highest BCUT2D eigenvalue weighted by molar-refractivity contribution is 9.10. The van der Waals surface area contributed by atoms with Crippen LogP contribution in [0.5, 0.6) is 11.5 Å². The number of methoxy groups -OCH3 is 2. The van der Waals surface area contributed by atoms with Crippen molar-refractivity contribution in [3.8, 4) is 11.5 Å². The predicted molar refractivity (Wildman–Crippen MR) is 122 cm³/mol. The van der Waals surface area contributed by atoms with Crippen molar-refractivity contribution in [2.75, 3.05) is 19.3 Å². The Balaban J connectivity index is 2.23. The van der Waals surface area contributed by atoms with Gasteiger partial charge in [-0.15, -0.1) is 0 Å². The monoisotopic (exact) mass is 564 g/mol. The number of halogens is 2. The van der Waals surface area contributed by atoms with Crippen LogP contribution in [-0.4, -0.2) is 36.1 Å². The summed E-state index contributed by atoms with van der Waals surface area (Å²) < 4.78 is 61.0. The predicted octanol–water partition coefficient (Wildman–Crippen LogP) is 4.66. The average Bonchev–Trinajstić information content (AvgIpc) is 2.64. The molecule has 2 rings (SSSR count). The summed E-state index contributed by atoms with van der Waals surface area (Å²) in [5, 5.41) is 0.671. The lowest BCUT2D eigenvalue weighted by atomic mass is 10.2. The van der Waals surface area contributed by atoms with E-state index in [1.807, 2.05) is 0 Å². The van der Waals surface area contributed by atoms with Gasteiger partial charge in [-0.2, -0.15) is 0 Å². The van der Waals surface area contributed by atoms with Crippen molar-refractivity contribution in [1.82, 2.24) is 0 Å². The Morgan fingerprint density at radius 3 is 1.48 bits per heavy atom. The van der Waals surface area contributed by atoms with E-state index in [0.717, 1.165) is 19.8 Å². The average molecular weight is 566 g/mol. The Morgan fingerprint density at radius 1 is 0.759 bits per heavy atom. The Labute approximate surface area is 187 Å². The normalized spacial score (nSPS) is 12.6. The van der Waals surface area contributed by atoms with Gasteiger partial charge in [0.25, 0.3) is 0 Å². The molecule has 0 fully saturated rings. The third-order valence-electron chi connectivity index (χ3n) is 3.62. The molecule has 0 saturated heterocycles. The summed E-state index contributed by atoms with van der Waals surface area (Å²) in [7, 11) is -5.15. The molecule has 29 heavy (non-hydrogen) atoms. The van der Waals surface area contributed by atoms with Gasteiger partial charge < -0.3 is 9.47 Å². The largest absolute Gasteiger partial charge is 0.496 e. The number of hydrogen-bond acceptors (Lipinski definition) is 6. The summed E-state index contributed by atoms with van der Waals surface area (Å²) in [5.74, 6) is 0.924. The van der Waals surface area contributed by atoms with Gasteiger partial charge in [-0.25, -0.2) is 16.8 Å². The maximum Gasteiger partial charge on any atom is 0.186 e. The lowest BCUT2D eigenvalue weighted by Crippen LogP contribution is -2.11. The molecule has 0 bridgehead atoms. The first kappa shape index (κ1) is 23.7. The Morgan fingerprint density at radius 2 is 1.14 bits per heavy atom. The molecule has 0 heterocycles. The van der Waals surface area contributed by atoms with Gasteiger partial charge in [0, 0.05) is 30.9 Å². The van der Waals surface area contributed by atoms with E-state index in [4.69, 9.17) is 9.47 Å². The molecule has 156 valence electrons. The molecule has 6 nitrogen and oxygen atoms in total. The van der Waals surface area contributed by atoms with Gasteiger partial charge in [0.05, 0.1) is 14.2 Å². The molecule has 2 aromatic carbocycles. The first-order valence-corrected chi connectivity index (χ1v) is 13.1. The van der Waals surface area contributed by atoms with Crippen LogP contribution >= 0.6 is 31.9 Å². The highest BCUT2D eigenvalue weighted by atomic mass is 79.9. The first-order chi connectivity index (χ1) is 13.5. The fourth-order valence-corrected chi connectivity index (χ4v) is 6.26. The molecule has 2 aromatic rings. The zero-order valence-corrected chi connectivity index (χ0v) is 20.3. The van der Waals surface area contributed by atoms with Crippen molar-refractivity contribution in [3.05, 3.63) is 67.3 Å². The summed E-state index contributed by atoms with van der Waals surface area (Å²) in [4.78, 5) is 0. The molecule has 0 aliphatic rings. The third-order valence-corrected chi connectivity index (χ3v) is 8.34. The molecule has 0 atom stereocenters. The lowest BCUT2D eigenvalue weighted by molar-refractivity contribution is 0.413. The minimum absolute atomic E-state index is 0.462. The van der Waals surface area contributed by atoms with Crippen LogP contribution in [0.1, 0.15) is 11.1 Å². The van der Waals surface area contributed by atoms with E-state index in [9.17, 15) is 16.8 Å². The number of benzene rings is 2. The first-order valence-electron chi connectivity index (χ1n) is 8.04. The van der Waals surface area contributed by atoms with Crippen LogP contribution in [-0.2, 0) is 19.7 Å². The smallest absolute Gasteiger partial charge is 0.186 e. The van der Waals surface area contributed by atoms with E-state index in [1.54, 1.807) is 36.4 Å². The fraction of sp³-hybridized carbons (Fsp3) is 0.158. The molecule has 0 spiro atoms. The summed E-state index contributed by atoms with van der Waals surface area (Å²) in [6.07, 6.45) is 2.60. The summed E-state index contributed by atoms with van der Waals surface area (Å²) in [6.45, 7) is 0. The van der Waals surface area contributed by atoms with Crippen LogP contribution in [0.15, 0.2) is 56.2 Å². The molecule has 0 unspecified atom stereocenters. The zero-order valence-electron chi connectivity index (χ0n) is 15.5. The molecule has 0 N–H and O–H groups in total. The van der Waals surface area contributed by atoms with Gasteiger partial charge in [0.15, 0.2) is 24.8 Å². The van der Waals surface area contributed by atoms with Crippen LogP contribution in [0.25, 0.3) is 12.2 Å². The molecule has 10 heteroatoms. The van der Waals surface area contributed by atoms with Crippen LogP contribution in [0.2, 0.25) is 0 Å². The van der Waals surface area contributed by atoms with E-state index in [1.165, 1.54) is 26.4 Å². The number of ether oxygens (including phenoxy) is 2. The van der Waals surface area contributed by atoms with Crippen molar-refractivity contribution < 1.29 is 26.3 Å². The van der Waals surface area contributed by atoms with Crippen LogP contribution in [0.4, 0.5) is 0 Å². The number of sulfone groups is 2. The minimum atomic E-state index is -4.03. The molecule has 0 aliphatic carbocycles. The van der Waals surface area contributed by atoms with Crippen molar-refractivity contribution in [1.29, 1.82) is 0 Å². The number of hydrogen-bond donors (Lipinski definition) is 0. The second-order valence-corrected chi connectivity index (χ2v) is 11.8. The second kappa shape index (κ2) is 9.92.